The van der Waals surface area contributed by atoms with Gasteiger partial charge in [0.1, 0.15) is 18.2 Å². The minimum Gasteiger partial charge on any atom is -0.492 e. The second-order valence-corrected chi connectivity index (χ2v) is 3.92. The van der Waals surface area contributed by atoms with Crippen LogP contribution in [-0.4, -0.2) is 24.9 Å². The topological polar surface area (TPSA) is 38.3 Å². The molecule has 0 fully saturated rings. The van der Waals surface area contributed by atoms with E-state index < -0.39 is 0 Å². The van der Waals surface area contributed by atoms with E-state index >= 15 is 0 Å². The number of carbonyl (C=O) groups excluding carboxylic acids is 1. The van der Waals surface area contributed by atoms with E-state index in [1.54, 1.807) is 0 Å². The predicted molar refractivity (Wildman–Crippen MR) is 65.1 cm³/mol. The Hall–Kier alpha value is -1.22. The summed E-state index contributed by atoms with van der Waals surface area (Å²) in [7, 11) is 0. The van der Waals surface area contributed by atoms with Gasteiger partial charge in [0.15, 0.2) is 0 Å². The van der Waals surface area contributed by atoms with Crippen LogP contribution in [0.15, 0.2) is 18.2 Å². The van der Waals surface area contributed by atoms with Crippen LogP contribution < -0.4 is 10.1 Å². The average molecular weight is 242 g/mol. The minimum atomic E-state index is -0.175. The molecular weight excluding hydrogens is 226 g/mol. The molecule has 0 heterocycles. The van der Waals surface area contributed by atoms with Crippen LogP contribution in [0.1, 0.15) is 11.1 Å². The van der Waals surface area contributed by atoms with E-state index in [1.165, 1.54) is 11.1 Å². The van der Waals surface area contributed by atoms with Gasteiger partial charge in [0.25, 0.3) is 0 Å². The minimum absolute atomic E-state index is 0.0104. The van der Waals surface area contributed by atoms with Crippen LogP contribution in [0.3, 0.4) is 0 Å². The Kier molecular flexibility index (Phi) is 5.12. The van der Waals surface area contributed by atoms with Gasteiger partial charge in [-0.25, -0.2) is 0 Å². The summed E-state index contributed by atoms with van der Waals surface area (Å²) < 4.78 is 5.50. The van der Waals surface area contributed by atoms with Crippen molar-refractivity contribution in [1.29, 1.82) is 0 Å². The SMILES string of the molecule is Cc1cc(C)cc(OCCNC(=O)CCl)c1. The maximum atomic E-state index is 10.8. The smallest absolute Gasteiger partial charge is 0.235 e. The fourth-order valence-electron chi connectivity index (χ4n) is 1.42. The number of rotatable bonds is 5. The summed E-state index contributed by atoms with van der Waals surface area (Å²) in [6.07, 6.45) is 0. The van der Waals surface area contributed by atoms with Crippen molar-refractivity contribution in [3.8, 4) is 5.75 Å². The highest BCUT2D eigenvalue weighted by molar-refractivity contribution is 6.27. The highest BCUT2D eigenvalue weighted by atomic mass is 35.5. The molecule has 0 aromatic heterocycles. The molecule has 0 radical (unpaired) electrons. The lowest BCUT2D eigenvalue weighted by atomic mass is 10.1. The molecule has 0 bridgehead atoms. The van der Waals surface area contributed by atoms with Crippen molar-refractivity contribution in [2.45, 2.75) is 13.8 Å². The zero-order valence-corrected chi connectivity index (χ0v) is 10.3. The van der Waals surface area contributed by atoms with Gasteiger partial charge in [0.05, 0.1) is 6.54 Å². The molecule has 4 heteroatoms. The van der Waals surface area contributed by atoms with E-state index in [2.05, 4.69) is 11.4 Å². The molecule has 0 aliphatic carbocycles. The first-order valence-corrected chi connectivity index (χ1v) is 5.69. The fourth-order valence-corrected chi connectivity index (χ4v) is 1.52. The van der Waals surface area contributed by atoms with Gasteiger partial charge in [-0.3, -0.25) is 4.79 Å². The maximum Gasteiger partial charge on any atom is 0.235 e. The molecule has 0 spiro atoms. The van der Waals surface area contributed by atoms with E-state index in [0.717, 1.165) is 5.75 Å². The fraction of sp³-hybridized carbons (Fsp3) is 0.417. The van der Waals surface area contributed by atoms with Crippen molar-refractivity contribution in [2.75, 3.05) is 19.0 Å². The first-order valence-electron chi connectivity index (χ1n) is 5.15. The molecule has 0 aliphatic heterocycles. The normalized spacial score (nSPS) is 9.94. The third-order valence-corrected chi connectivity index (χ3v) is 2.25. The van der Waals surface area contributed by atoms with Gasteiger partial charge in [0.2, 0.25) is 5.91 Å². The summed E-state index contributed by atoms with van der Waals surface area (Å²) in [6, 6.07) is 6.02. The quantitative estimate of drug-likeness (QED) is 0.633. The van der Waals surface area contributed by atoms with Crippen LogP contribution in [0.25, 0.3) is 0 Å². The van der Waals surface area contributed by atoms with Crippen LogP contribution in [0.2, 0.25) is 0 Å². The van der Waals surface area contributed by atoms with Crippen LogP contribution >= 0.6 is 11.6 Å². The summed E-state index contributed by atoms with van der Waals surface area (Å²) in [5, 5.41) is 2.64. The second-order valence-electron chi connectivity index (χ2n) is 3.66. The first-order chi connectivity index (χ1) is 7.61. The molecule has 16 heavy (non-hydrogen) atoms. The number of ether oxygens (including phenoxy) is 1. The van der Waals surface area contributed by atoms with Crippen molar-refractivity contribution in [3.05, 3.63) is 29.3 Å². The average Bonchev–Trinajstić information content (AvgIpc) is 2.22. The molecule has 0 atom stereocenters. The zero-order valence-electron chi connectivity index (χ0n) is 9.55. The Morgan fingerprint density at radius 3 is 2.50 bits per heavy atom. The van der Waals surface area contributed by atoms with Crippen molar-refractivity contribution in [1.82, 2.24) is 5.32 Å². The summed E-state index contributed by atoms with van der Waals surface area (Å²) in [5.74, 6) is 0.645. The number of benzene rings is 1. The molecule has 1 aromatic carbocycles. The maximum absolute atomic E-state index is 10.8. The number of halogens is 1. The molecule has 1 N–H and O–H groups in total. The zero-order chi connectivity index (χ0) is 12.0. The number of hydrogen-bond acceptors (Lipinski definition) is 2. The summed E-state index contributed by atoms with van der Waals surface area (Å²) in [4.78, 5) is 10.8. The Bertz CT molecular complexity index is 346. The van der Waals surface area contributed by atoms with Gasteiger partial charge >= 0.3 is 0 Å². The first kappa shape index (κ1) is 12.8. The predicted octanol–water partition coefficient (Wildman–Crippen LogP) is 2.04. The molecule has 0 unspecified atom stereocenters. The molecule has 0 saturated heterocycles. The van der Waals surface area contributed by atoms with Gasteiger partial charge in [-0.1, -0.05) is 6.07 Å². The third kappa shape index (κ3) is 4.53. The van der Waals surface area contributed by atoms with Gasteiger partial charge < -0.3 is 10.1 Å². The Morgan fingerprint density at radius 2 is 1.94 bits per heavy atom. The van der Waals surface area contributed by atoms with Crippen molar-refractivity contribution in [2.24, 2.45) is 0 Å². The summed E-state index contributed by atoms with van der Waals surface area (Å²) in [6.45, 7) is 4.97. The van der Waals surface area contributed by atoms with Gasteiger partial charge in [0, 0.05) is 0 Å². The lowest BCUT2D eigenvalue weighted by Gasteiger charge is -2.08. The lowest BCUT2D eigenvalue weighted by molar-refractivity contribution is -0.118. The number of alkyl halides is 1. The Morgan fingerprint density at radius 1 is 1.31 bits per heavy atom. The number of carbonyl (C=O) groups is 1. The standard InChI is InChI=1S/C12H16ClNO2/c1-9-5-10(2)7-11(6-9)16-4-3-14-12(15)8-13/h5-7H,3-4,8H2,1-2H3,(H,14,15). The van der Waals surface area contributed by atoms with Crippen molar-refractivity contribution < 1.29 is 9.53 Å². The van der Waals surface area contributed by atoms with Crippen LogP contribution in [0.4, 0.5) is 0 Å². The highest BCUT2D eigenvalue weighted by Crippen LogP contribution is 2.15. The largest absolute Gasteiger partial charge is 0.492 e. The summed E-state index contributed by atoms with van der Waals surface area (Å²) in [5.41, 5.74) is 2.33. The molecule has 0 aliphatic rings. The number of aryl methyl sites for hydroxylation is 2. The second kappa shape index (κ2) is 6.38. The van der Waals surface area contributed by atoms with E-state index in [4.69, 9.17) is 16.3 Å². The van der Waals surface area contributed by atoms with Crippen LogP contribution in [0.5, 0.6) is 5.75 Å². The van der Waals surface area contributed by atoms with Crippen molar-refractivity contribution in [3.63, 3.8) is 0 Å². The number of amides is 1. The third-order valence-electron chi connectivity index (χ3n) is 2.01. The van der Waals surface area contributed by atoms with E-state index in [9.17, 15) is 4.79 Å². The number of hydrogen-bond donors (Lipinski definition) is 1. The molecular formula is C12H16ClNO2. The molecule has 1 rings (SSSR count). The van der Waals surface area contributed by atoms with Gasteiger partial charge in [-0.2, -0.15) is 0 Å². The summed E-state index contributed by atoms with van der Waals surface area (Å²) >= 11 is 5.34. The monoisotopic (exact) mass is 241 g/mol. The molecule has 3 nitrogen and oxygen atoms in total. The molecule has 0 saturated carbocycles. The molecule has 1 aromatic rings. The van der Waals surface area contributed by atoms with Crippen LogP contribution in [0, 0.1) is 13.8 Å². The Labute approximate surface area is 101 Å². The molecule has 88 valence electrons. The van der Waals surface area contributed by atoms with E-state index in [-0.39, 0.29) is 11.8 Å². The van der Waals surface area contributed by atoms with Crippen molar-refractivity contribution >= 4 is 17.5 Å². The molecule has 1 amide bonds. The van der Waals surface area contributed by atoms with Gasteiger partial charge in [-0.05, 0) is 37.1 Å². The number of nitrogens with one attached hydrogen (secondary N) is 1. The van der Waals surface area contributed by atoms with E-state index in [0.29, 0.717) is 13.2 Å². The van der Waals surface area contributed by atoms with Crippen LogP contribution in [-0.2, 0) is 4.79 Å². The highest BCUT2D eigenvalue weighted by Gasteiger charge is 1.99. The lowest BCUT2D eigenvalue weighted by Crippen LogP contribution is -2.28. The Balaban J connectivity index is 2.34. The van der Waals surface area contributed by atoms with E-state index in [1.807, 2.05) is 26.0 Å². The van der Waals surface area contributed by atoms with Gasteiger partial charge in [-0.15, -0.1) is 11.6 Å².